The van der Waals surface area contributed by atoms with Crippen molar-refractivity contribution < 1.29 is 0 Å². The zero-order valence-electron chi connectivity index (χ0n) is 12.7. The van der Waals surface area contributed by atoms with Gasteiger partial charge in [0.2, 0.25) is 0 Å². The first-order chi connectivity index (χ1) is 10.2. The summed E-state index contributed by atoms with van der Waals surface area (Å²) in [6, 6.07) is 9.68. The van der Waals surface area contributed by atoms with E-state index >= 15 is 0 Å². The number of benzene rings is 1. The molecule has 1 aromatic heterocycles. The lowest BCUT2D eigenvalue weighted by Crippen LogP contribution is -2.55. The van der Waals surface area contributed by atoms with Crippen molar-refractivity contribution in [2.24, 2.45) is 0 Å². The Hall–Kier alpha value is -0.610. The van der Waals surface area contributed by atoms with Crippen molar-refractivity contribution in [1.82, 2.24) is 10.2 Å². The molecule has 114 valence electrons. The van der Waals surface area contributed by atoms with Crippen molar-refractivity contribution in [3.63, 3.8) is 0 Å². The van der Waals surface area contributed by atoms with Crippen molar-refractivity contribution >= 4 is 33.0 Å². The van der Waals surface area contributed by atoms with Crippen LogP contribution in [0, 0.1) is 0 Å². The lowest BCUT2D eigenvalue weighted by molar-refractivity contribution is 0.118. The van der Waals surface area contributed by atoms with Crippen molar-refractivity contribution in [1.29, 1.82) is 0 Å². The number of rotatable bonds is 4. The molecule has 2 nitrogen and oxygen atoms in total. The summed E-state index contributed by atoms with van der Waals surface area (Å²) >= 11 is 8.45. The molecule has 3 rings (SSSR count). The summed E-state index contributed by atoms with van der Waals surface area (Å²) < 4.78 is 1.30. The predicted molar refractivity (Wildman–Crippen MR) is 93.4 cm³/mol. The molecular weight excluding hydrogens is 300 g/mol. The van der Waals surface area contributed by atoms with E-state index in [0.717, 1.165) is 24.7 Å². The van der Waals surface area contributed by atoms with Gasteiger partial charge in [0, 0.05) is 46.7 Å². The predicted octanol–water partition coefficient (Wildman–Crippen LogP) is 4.52. The molecule has 4 heteroatoms. The standard InChI is InChI=1S/C17H23ClN2S/c1-3-12-10-20(13(4-2)9-19-12)11-16-17(18)14-7-5-6-8-15(14)21-16/h5-8,12-13,19H,3-4,9-11H2,1-2H3. The maximum absolute atomic E-state index is 6.61. The highest BCUT2D eigenvalue weighted by atomic mass is 35.5. The van der Waals surface area contributed by atoms with E-state index in [9.17, 15) is 0 Å². The van der Waals surface area contributed by atoms with Gasteiger partial charge in [-0.1, -0.05) is 43.6 Å². The number of fused-ring (bicyclic) bond motifs is 1. The van der Waals surface area contributed by atoms with Crippen LogP contribution in [0.2, 0.25) is 5.02 Å². The first kappa shape index (κ1) is 15.3. The lowest BCUT2D eigenvalue weighted by Gasteiger charge is -2.39. The number of thiophene rings is 1. The third kappa shape index (κ3) is 3.11. The first-order valence-corrected chi connectivity index (χ1v) is 9.05. The van der Waals surface area contributed by atoms with Crippen LogP contribution in [-0.2, 0) is 6.54 Å². The molecule has 1 aliphatic rings. The summed E-state index contributed by atoms with van der Waals surface area (Å²) in [5, 5.41) is 5.81. The highest BCUT2D eigenvalue weighted by molar-refractivity contribution is 7.19. The molecule has 1 aromatic carbocycles. The van der Waals surface area contributed by atoms with E-state index in [1.807, 2.05) is 11.3 Å². The Morgan fingerprint density at radius 1 is 1.29 bits per heavy atom. The second kappa shape index (κ2) is 6.66. The van der Waals surface area contributed by atoms with Gasteiger partial charge in [-0.2, -0.15) is 0 Å². The van der Waals surface area contributed by atoms with Crippen LogP contribution >= 0.6 is 22.9 Å². The van der Waals surface area contributed by atoms with Crippen molar-refractivity contribution in [2.45, 2.75) is 45.3 Å². The minimum atomic E-state index is 0.612. The summed E-state index contributed by atoms with van der Waals surface area (Å²) in [6.07, 6.45) is 2.37. The smallest absolute Gasteiger partial charge is 0.0637 e. The van der Waals surface area contributed by atoms with Crippen LogP contribution in [0.25, 0.3) is 10.1 Å². The summed E-state index contributed by atoms with van der Waals surface area (Å²) in [4.78, 5) is 3.93. The van der Waals surface area contributed by atoms with E-state index < -0.39 is 0 Å². The first-order valence-electron chi connectivity index (χ1n) is 7.86. The Morgan fingerprint density at radius 3 is 2.81 bits per heavy atom. The maximum Gasteiger partial charge on any atom is 0.0637 e. The van der Waals surface area contributed by atoms with Gasteiger partial charge >= 0.3 is 0 Å². The third-order valence-electron chi connectivity index (χ3n) is 4.53. The van der Waals surface area contributed by atoms with Crippen LogP contribution < -0.4 is 5.32 Å². The van der Waals surface area contributed by atoms with E-state index in [-0.39, 0.29) is 0 Å². The summed E-state index contributed by atoms with van der Waals surface area (Å²) in [7, 11) is 0. The SMILES string of the molecule is CCC1CN(Cc2sc3ccccc3c2Cl)C(CC)CN1. The summed E-state index contributed by atoms with van der Waals surface area (Å²) in [6.45, 7) is 7.73. The van der Waals surface area contributed by atoms with Crippen molar-refractivity contribution in [3.8, 4) is 0 Å². The average Bonchev–Trinajstić information content (AvgIpc) is 2.84. The fourth-order valence-electron chi connectivity index (χ4n) is 3.15. The number of hydrogen-bond acceptors (Lipinski definition) is 3. The molecule has 1 aliphatic heterocycles. The van der Waals surface area contributed by atoms with E-state index in [2.05, 4.69) is 48.3 Å². The molecule has 2 heterocycles. The van der Waals surface area contributed by atoms with Crippen LogP contribution in [-0.4, -0.2) is 30.1 Å². The van der Waals surface area contributed by atoms with Gasteiger partial charge in [-0.3, -0.25) is 4.90 Å². The van der Waals surface area contributed by atoms with Gasteiger partial charge in [-0.25, -0.2) is 0 Å². The van der Waals surface area contributed by atoms with Crippen LogP contribution in [0.15, 0.2) is 24.3 Å². The van der Waals surface area contributed by atoms with Gasteiger partial charge in [0.15, 0.2) is 0 Å². The summed E-state index contributed by atoms with van der Waals surface area (Å²) in [5.74, 6) is 0. The Balaban J connectivity index is 1.83. The second-order valence-corrected chi connectivity index (χ2v) is 7.36. The normalized spacial score (nSPS) is 23.8. The topological polar surface area (TPSA) is 15.3 Å². The van der Waals surface area contributed by atoms with Gasteiger partial charge in [0.25, 0.3) is 0 Å². The Labute approximate surface area is 136 Å². The van der Waals surface area contributed by atoms with Gasteiger partial charge < -0.3 is 5.32 Å². The van der Waals surface area contributed by atoms with Crippen LogP contribution in [0.4, 0.5) is 0 Å². The number of halogens is 1. The largest absolute Gasteiger partial charge is 0.311 e. The Morgan fingerprint density at radius 2 is 2.10 bits per heavy atom. The molecule has 1 N–H and O–H groups in total. The molecule has 0 spiro atoms. The monoisotopic (exact) mass is 322 g/mol. The van der Waals surface area contributed by atoms with Crippen LogP contribution in [0.5, 0.6) is 0 Å². The molecule has 0 amide bonds. The van der Waals surface area contributed by atoms with E-state index in [4.69, 9.17) is 11.6 Å². The highest BCUT2D eigenvalue weighted by Gasteiger charge is 2.27. The third-order valence-corrected chi connectivity index (χ3v) is 6.22. The number of piperazine rings is 1. The molecule has 2 unspecified atom stereocenters. The lowest BCUT2D eigenvalue weighted by atomic mass is 10.1. The fraction of sp³-hybridized carbons (Fsp3) is 0.529. The van der Waals surface area contributed by atoms with Gasteiger partial charge in [0.1, 0.15) is 0 Å². The van der Waals surface area contributed by atoms with Crippen LogP contribution in [0.3, 0.4) is 0 Å². The molecule has 0 bridgehead atoms. The van der Waals surface area contributed by atoms with Crippen molar-refractivity contribution in [3.05, 3.63) is 34.2 Å². The molecule has 21 heavy (non-hydrogen) atoms. The Kier molecular flexibility index (Phi) is 4.85. The highest BCUT2D eigenvalue weighted by Crippen LogP contribution is 2.36. The summed E-state index contributed by atoms with van der Waals surface area (Å²) in [5.41, 5.74) is 0. The van der Waals surface area contributed by atoms with Gasteiger partial charge in [-0.15, -0.1) is 11.3 Å². The second-order valence-electron chi connectivity index (χ2n) is 5.84. The zero-order chi connectivity index (χ0) is 14.8. The minimum Gasteiger partial charge on any atom is -0.311 e. The fourth-order valence-corrected chi connectivity index (χ4v) is 4.67. The van der Waals surface area contributed by atoms with Crippen molar-refractivity contribution in [2.75, 3.05) is 13.1 Å². The molecule has 0 aliphatic carbocycles. The van der Waals surface area contributed by atoms with E-state index in [1.165, 1.54) is 27.8 Å². The van der Waals surface area contributed by atoms with E-state index in [0.29, 0.717) is 12.1 Å². The average molecular weight is 323 g/mol. The number of nitrogens with one attached hydrogen (secondary N) is 1. The molecular formula is C17H23ClN2S. The van der Waals surface area contributed by atoms with Gasteiger partial charge in [0.05, 0.1) is 5.02 Å². The van der Waals surface area contributed by atoms with Crippen LogP contribution in [0.1, 0.15) is 31.6 Å². The molecule has 0 saturated carbocycles. The molecule has 2 aromatic rings. The van der Waals surface area contributed by atoms with E-state index in [1.54, 1.807) is 0 Å². The molecule has 2 atom stereocenters. The number of nitrogens with zero attached hydrogens (tertiary/aromatic N) is 1. The number of hydrogen-bond donors (Lipinski definition) is 1. The molecule has 1 saturated heterocycles. The Bertz CT molecular complexity index is 610. The molecule has 0 radical (unpaired) electrons. The maximum atomic E-state index is 6.61. The zero-order valence-corrected chi connectivity index (χ0v) is 14.3. The quantitative estimate of drug-likeness (QED) is 0.890. The van der Waals surface area contributed by atoms with Gasteiger partial charge in [-0.05, 0) is 18.9 Å². The minimum absolute atomic E-state index is 0.612. The molecule has 1 fully saturated rings.